The van der Waals surface area contributed by atoms with Crippen molar-refractivity contribution in [1.82, 2.24) is 14.8 Å². The highest BCUT2D eigenvalue weighted by Crippen LogP contribution is 2.39. The van der Waals surface area contributed by atoms with Crippen molar-refractivity contribution >= 4 is 27.6 Å². The maximum atomic E-state index is 13.8. The minimum atomic E-state index is -0.322. The summed E-state index contributed by atoms with van der Waals surface area (Å²) in [7, 11) is 0. The van der Waals surface area contributed by atoms with Gasteiger partial charge in [-0.05, 0) is 56.0 Å². The van der Waals surface area contributed by atoms with Gasteiger partial charge in [0.05, 0.1) is 49.9 Å². The molecule has 0 spiro atoms. The topological polar surface area (TPSA) is 96.8 Å². The maximum absolute atomic E-state index is 13.8. The molecule has 1 atom stereocenters. The van der Waals surface area contributed by atoms with Gasteiger partial charge in [0, 0.05) is 41.5 Å². The monoisotopic (exact) mass is 665 g/mol. The fraction of sp³-hybridized carbons (Fsp3) is 0.400. The number of allylic oxidation sites excluding steroid dienone is 1. The Bertz CT molecular complexity index is 1900. The summed E-state index contributed by atoms with van der Waals surface area (Å²) in [4.78, 5) is 13.8. The standard InChI is InChI=1S/C39H43N3O6.CH4/c1-2-45-39(43)38-30(17-11-24-46-34-18-9-13-27-12-3-4-14-28(27)34)29-15-10-16-31-36-32(20-25-48-35-19-5-7-23-47-35)40-41-33(36)26-44-22-8-6-21-42(38)37(29)31;/h3-4,6,8-10,12-16,18,35H,2,5,7,11,17,19-26H2,1H3,(H,40,41);1H4/b8-6-;. The van der Waals surface area contributed by atoms with Crippen LogP contribution in [0.1, 0.15) is 67.5 Å². The number of benzene rings is 3. The number of nitrogens with zero attached hydrogens (tertiary/aromatic N) is 2. The van der Waals surface area contributed by atoms with Crippen molar-refractivity contribution in [2.24, 2.45) is 0 Å². The van der Waals surface area contributed by atoms with E-state index in [9.17, 15) is 4.79 Å². The average molecular weight is 666 g/mol. The first kappa shape index (κ1) is 34.4. The van der Waals surface area contributed by atoms with Gasteiger partial charge in [0.1, 0.15) is 11.4 Å². The summed E-state index contributed by atoms with van der Waals surface area (Å²) in [5.41, 5.74) is 6.34. The number of aryl methyl sites for hydroxylation is 1. The van der Waals surface area contributed by atoms with E-state index in [4.69, 9.17) is 28.8 Å². The Balaban J connectivity index is 0.00000417. The van der Waals surface area contributed by atoms with Gasteiger partial charge in [-0.1, -0.05) is 74.2 Å². The summed E-state index contributed by atoms with van der Waals surface area (Å²) >= 11 is 0. The second kappa shape index (κ2) is 16.3. The minimum Gasteiger partial charge on any atom is -0.493 e. The summed E-state index contributed by atoms with van der Waals surface area (Å²) in [6.07, 6.45) is 9.01. The fourth-order valence-electron chi connectivity index (χ4n) is 6.93. The molecule has 0 aliphatic carbocycles. The molecular formula is C40H47N3O6. The highest BCUT2D eigenvalue weighted by atomic mass is 16.7. The largest absolute Gasteiger partial charge is 0.493 e. The van der Waals surface area contributed by atoms with E-state index in [1.807, 2.05) is 37.3 Å². The molecule has 4 heterocycles. The molecule has 2 aromatic heterocycles. The third-order valence-electron chi connectivity index (χ3n) is 9.12. The van der Waals surface area contributed by atoms with Crippen LogP contribution in [0.3, 0.4) is 0 Å². The minimum absolute atomic E-state index is 0. The quantitative estimate of drug-likeness (QED) is 0.0864. The fourth-order valence-corrected chi connectivity index (χ4v) is 6.93. The van der Waals surface area contributed by atoms with Gasteiger partial charge in [-0.15, -0.1) is 0 Å². The molecule has 7 rings (SSSR count). The smallest absolute Gasteiger partial charge is 0.355 e. The van der Waals surface area contributed by atoms with Crippen LogP contribution in [0.2, 0.25) is 0 Å². The summed E-state index contributed by atoms with van der Waals surface area (Å²) in [5, 5.41) is 11.3. The summed E-state index contributed by atoms with van der Waals surface area (Å²) < 4.78 is 32.0. The van der Waals surface area contributed by atoms with Crippen molar-refractivity contribution in [3.63, 3.8) is 0 Å². The van der Waals surface area contributed by atoms with Crippen LogP contribution < -0.4 is 4.74 Å². The molecule has 3 aromatic carbocycles. The maximum Gasteiger partial charge on any atom is 0.355 e. The van der Waals surface area contributed by atoms with Crippen LogP contribution in [0, 0.1) is 0 Å². The van der Waals surface area contributed by atoms with Crippen LogP contribution >= 0.6 is 0 Å². The molecule has 0 bridgehead atoms. The second-order valence-corrected chi connectivity index (χ2v) is 12.2. The number of H-pyrrole nitrogens is 1. The third kappa shape index (κ3) is 7.44. The molecule has 0 radical (unpaired) electrons. The van der Waals surface area contributed by atoms with E-state index in [2.05, 4.69) is 52.1 Å². The van der Waals surface area contributed by atoms with Gasteiger partial charge in [-0.25, -0.2) is 4.79 Å². The summed E-state index contributed by atoms with van der Waals surface area (Å²) in [5.74, 6) is 0.543. The van der Waals surface area contributed by atoms with Crippen molar-refractivity contribution in [3.05, 3.63) is 95.5 Å². The summed E-state index contributed by atoms with van der Waals surface area (Å²) in [6, 6.07) is 20.7. The lowest BCUT2D eigenvalue weighted by Gasteiger charge is -2.22. The van der Waals surface area contributed by atoms with Crippen LogP contribution in [-0.4, -0.2) is 60.1 Å². The van der Waals surface area contributed by atoms with E-state index >= 15 is 0 Å². The second-order valence-electron chi connectivity index (χ2n) is 12.2. The average Bonchev–Trinajstić information content (AvgIpc) is 3.66. The van der Waals surface area contributed by atoms with Crippen molar-refractivity contribution in [3.8, 4) is 16.9 Å². The van der Waals surface area contributed by atoms with Gasteiger partial charge in [-0.3, -0.25) is 5.10 Å². The number of rotatable bonds is 11. The number of hydrogen-bond donors (Lipinski definition) is 1. The van der Waals surface area contributed by atoms with Gasteiger partial charge in [0.25, 0.3) is 0 Å². The van der Waals surface area contributed by atoms with Crippen LogP contribution in [0.4, 0.5) is 0 Å². The predicted molar refractivity (Wildman–Crippen MR) is 192 cm³/mol. The van der Waals surface area contributed by atoms with E-state index in [0.717, 1.165) is 87.8 Å². The molecule has 1 fully saturated rings. The van der Waals surface area contributed by atoms with Crippen molar-refractivity contribution in [1.29, 1.82) is 0 Å². The number of carbonyl (C=O) groups is 1. The Labute approximate surface area is 288 Å². The molecule has 49 heavy (non-hydrogen) atoms. The molecule has 1 saturated heterocycles. The lowest BCUT2D eigenvalue weighted by atomic mass is 9.97. The van der Waals surface area contributed by atoms with Gasteiger partial charge < -0.3 is 28.3 Å². The molecule has 9 nitrogen and oxygen atoms in total. The number of nitrogens with one attached hydrogen (secondary N) is 1. The first-order valence-electron chi connectivity index (χ1n) is 17.2. The zero-order valence-electron chi connectivity index (χ0n) is 27.5. The van der Waals surface area contributed by atoms with Crippen molar-refractivity contribution < 1.29 is 28.5 Å². The lowest BCUT2D eigenvalue weighted by Crippen LogP contribution is -2.23. The molecule has 1 N–H and O–H groups in total. The van der Waals surface area contributed by atoms with Gasteiger partial charge in [-0.2, -0.15) is 5.10 Å². The highest BCUT2D eigenvalue weighted by molar-refractivity contribution is 6.05. The third-order valence-corrected chi connectivity index (χ3v) is 9.12. The Hall–Kier alpha value is -4.44. The number of carbonyl (C=O) groups excluding carboxylic acids is 1. The van der Waals surface area contributed by atoms with Crippen LogP contribution in [0.5, 0.6) is 5.75 Å². The zero-order valence-corrected chi connectivity index (χ0v) is 27.5. The van der Waals surface area contributed by atoms with Crippen molar-refractivity contribution in [2.45, 2.75) is 72.3 Å². The molecule has 5 aromatic rings. The molecule has 0 saturated carbocycles. The van der Waals surface area contributed by atoms with Crippen LogP contribution in [-0.2, 0) is 44.9 Å². The molecule has 1 unspecified atom stereocenters. The van der Waals surface area contributed by atoms with E-state index < -0.39 is 0 Å². The van der Waals surface area contributed by atoms with Gasteiger partial charge >= 0.3 is 5.97 Å². The first-order valence-corrected chi connectivity index (χ1v) is 17.2. The Morgan fingerprint density at radius 3 is 2.73 bits per heavy atom. The number of ether oxygens (including phenoxy) is 5. The van der Waals surface area contributed by atoms with E-state index in [0.29, 0.717) is 58.1 Å². The predicted octanol–water partition coefficient (Wildman–Crippen LogP) is 8.18. The number of aromatic amines is 1. The van der Waals surface area contributed by atoms with E-state index in [1.54, 1.807) is 0 Å². The Kier molecular flexibility index (Phi) is 11.5. The normalized spacial score (nSPS) is 16.8. The number of aromatic nitrogens is 3. The van der Waals surface area contributed by atoms with Crippen LogP contribution in [0.25, 0.3) is 32.8 Å². The molecular weight excluding hydrogens is 618 g/mol. The molecule has 258 valence electrons. The number of esters is 1. The molecule has 9 heteroatoms. The number of hydrogen-bond acceptors (Lipinski definition) is 7. The van der Waals surface area contributed by atoms with Gasteiger partial charge in [0.2, 0.25) is 0 Å². The molecule has 2 aliphatic rings. The SMILES string of the molecule is C.CCOC(=O)c1c(CCCOc2cccc3ccccc23)c2cccc3c2n1C/C=C\COCc1[nH]nc(CCOC2CCCCO2)c1-3. The van der Waals surface area contributed by atoms with Crippen molar-refractivity contribution in [2.75, 3.05) is 33.0 Å². The molecule has 2 aliphatic heterocycles. The number of fused-ring (bicyclic) bond motifs is 3. The van der Waals surface area contributed by atoms with Crippen LogP contribution in [0.15, 0.2) is 72.8 Å². The number of para-hydroxylation sites is 1. The zero-order chi connectivity index (χ0) is 32.7. The van der Waals surface area contributed by atoms with E-state index in [-0.39, 0.29) is 19.7 Å². The highest BCUT2D eigenvalue weighted by Gasteiger charge is 2.28. The molecule has 0 amide bonds. The Morgan fingerprint density at radius 1 is 1.00 bits per heavy atom. The lowest BCUT2D eigenvalue weighted by molar-refractivity contribution is -0.161. The first-order chi connectivity index (χ1) is 23.7. The Morgan fingerprint density at radius 2 is 1.86 bits per heavy atom. The van der Waals surface area contributed by atoms with Gasteiger partial charge in [0.15, 0.2) is 6.29 Å². The van der Waals surface area contributed by atoms with E-state index in [1.165, 1.54) is 0 Å². The summed E-state index contributed by atoms with van der Waals surface area (Å²) in [6.45, 7) is 5.23.